The highest BCUT2D eigenvalue weighted by molar-refractivity contribution is 6.29. The highest BCUT2D eigenvalue weighted by Gasteiger charge is 2.17. The molecule has 24 heavy (non-hydrogen) atoms. The van der Waals surface area contributed by atoms with E-state index < -0.39 is 0 Å². The first-order chi connectivity index (χ1) is 11.7. The fourth-order valence-electron chi connectivity index (χ4n) is 4.44. The molecule has 0 radical (unpaired) electrons. The summed E-state index contributed by atoms with van der Waals surface area (Å²) in [4.78, 5) is 0. The van der Waals surface area contributed by atoms with Crippen molar-refractivity contribution in [1.82, 2.24) is 4.57 Å². The van der Waals surface area contributed by atoms with Crippen molar-refractivity contribution in [2.75, 3.05) is 0 Å². The Morgan fingerprint density at radius 2 is 1.04 bits per heavy atom. The molecule has 0 aliphatic rings. The van der Waals surface area contributed by atoms with Gasteiger partial charge in [-0.15, -0.1) is 0 Å². The zero-order valence-corrected chi connectivity index (χ0v) is 14.2. The number of rotatable bonds is 0. The van der Waals surface area contributed by atoms with Gasteiger partial charge in [0.15, 0.2) is 0 Å². The lowest BCUT2D eigenvalue weighted by Gasteiger charge is -2.06. The smallest absolute Gasteiger partial charge is 0.0525 e. The van der Waals surface area contributed by atoms with E-state index in [1.165, 1.54) is 54.5 Å². The number of hydrogen-bond donors (Lipinski definition) is 0. The zero-order valence-electron chi connectivity index (χ0n) is 14.2. The molecule has 0 aliphatic carbocycles. The maximum Gasteiger partial charge on any atom is 0.0525 e. The molecule has 0 bridgehead atoms. The van der Waals surface area contributed by atoms with Crippen LogP contribution in [0.15, 0.2) is 60.7 Å². The van der Waals surface area contributed by atoms with Crippen LogP contribution in [0, 0.1) is 13.8 Å². The van der Waals surface area contributed by atoms with Crippen molar-refractivity contribution >= 4 is 43.4 Å². The van der Waals surface area contributed by atoms with Crippen LogP contribution in [0.4, 0.5) is 0 Å². The monoisotopic (exact) mass is 309 g/mol. The van der Waals surface area contributed by atoms with Gasteiger partial charge in [-0.1, -0.05) is 48.5 Å². The molecule has 5 aromatic rings. The van der Waals surface area contributed by atoms with E-state index >= 15 is 0 Å². The molecule has 0 amide bonds. The molecule has 116 valence electrons. The third-order valence-corrected chi connectivity index (χ3v) is 5.35. The molecule has 0 N–H and O–H groups in total. The number of fused-ring (bicyclic) bond motifs is 7. The minimum Gasteiger partial charge on any atom is -0.343 e. The van der Waals surface area contributed by atoms with Gasteiger partial charge >= 0.3 is 0 Å². The van der Waals surface area contributed by atoms with Crippen molar-refractivity contribution in [3.05, 3.63) is 71.8 Å². The first kappa shape index (κ1) is 13.6. The molecule has 4 aromatic carbocycles. The second-order valence-corrected chi connectivity index (χ2v) is 6.84. The second-order valence-electron chi connectivity index (χ2n) is 6.84. The molecule has 0 atom stereocenters. The lowest BCUT2D eigenvalue weighted by atomic mass is 9.96. The summed E-state index contributed by atoms with van der Waals surface area (Å²) in [5.41, 5.74) is 5.38. The molecule has 0 aliphatic heterocycles. The molecule has 5 rings (SSSR count). The van der Waals surface area contributed by atoms with Crippen molar-refractivity contribution in [2.45, 2.75) is 13.8 Å². The number of aromatic nitrogens is 1. The molecule has 1 heterocycles. The summed E-state index contributed by atoms with van der Waals surface area (Å²) in [5, 5.41) is 8.12. The second kappa shape index (κ2) is 4.61. The highest BCUT2D eigenvalue weighted by Crippen LogP contribution is 2.40. The van der Waals surface area contributed by atoms with Crippen LogP contribution in [0.3, 0.4) is 0 Å². The van der Waals surface area contributed by atoms with Crippen LogP contribution in [0.1, 0.15) is 11.1 Å². The predicted molar refractivity (Wildman–Crippen MR) is 105 cm³/mol. The van der Waals surface area contributed by atoms with Gasteiger partial charge in [0.1, 0.15) is 0 Å². The van der Waals surface area contributed by atoms with Gasteiger partial charge in [0, 0.05) is 17.8 Å². The van der Waals surface area contributed by atoms with Crippen molar-refractivity contribution in [2.24, 2.45) is 7.05 Å². The largest absolute Gasteiger partial charge is 0.343 e. The molecule has 0 saturated carbocycles. The van der Waals surface area contributed by atoms with Crippen LogP contribution < -0.4 is 0 Å². The van der Waals surface area contributed by atoms with Crippen LogP contribution in [0.25, 0.3) is 43.4 Å². The minimum absolute atomic E-state index is 1.32. The Labute approximate surface area is 141 Å². The van der Waals surface area contributed by atoms with Gasteiger partial charge in [-0.2, -0.15) is 0 Å². The standard InChI is InChI=1S/C23H19N/c1-14-12-16-8-4-6-10-18(16)20-21-19-11-7-5-9-17(19)13-15(2)23(21)24(3)22(14)20/h4-13H,1-3H3. The third kappa shape index (κ3) is 1.59. The summed E-state index contributed by atoms with van der Waals surface area (Å²) in [7, 11) is 2.20. The van der Waals surface area contributed by atoms with E-state index in [9.17, 15) is 0 Å². The predicted octanol–water partition coefficient (Wildman–Crippen LogP) is 6.25. The molecule has 0 saturated heterocycles. The Kier molecular flexibility index (Phi) is 2.62. The summed E-state index contributed by atoms with van der Waals surface area (Å²) >= 11 is 0. The maximum atomic E-state index is 2.38. The fraction of sp³-hybridized carbons (Fsp3) is 0.130. The topological polar surface area (TPSA) is 4.93 Å². The van der Waals surface area contributed by atoms with Crippen molar-refractivity contribution in [3.8, 4) is 0 Å². The summed E-state index contributed by atoms with van der Waals surface area (Å²) in [5.74, 6) is 0. The van der Waals surface area contributed by atoms with Crippen LogP contribution in [-0.4, -0.2) is 4.57 Å². The van der Waals surface area contributed by atoms with Gasteiger partial charge in [-0.25, -0.2) is 0 Å². The van der Waals surface area contributed by atoms with Gasteiger partial charge < -0.3 is 4.57 Å². The summed E-state index contributed by atoms with van der Waals surface area (Å²) in [6.07, 6.45) is 0. The van der Waals surface area contributed by atoms with Crippen molar-refractivity contribution < 1.29 is 0 Å². The molecule has 0 spiro atoms. The SMILES string of the molecule is Cc1cc2ccccc2c2c3c4ccccc4cc(C)c3n(C)c12. The summed E-state index contributed by atoms with van der Waals surface area (Å²) < 4.78 is 2.38. The number of benzene rings is 4. The number of nitrogens with zero attached hydrogens (tertiary/aromatic N) is 1. The number of hydrogen-bond acceptors (Lipinski definition) is 0. The van der Waals surface area contributed by atoms with Gasteiger partial charge in [0.2, 0.25) is 0 Å². The Morgan fingerprint density at radius 1 is 0.625 bits per heavy atom. The van der Waals surface area contributed by atoms with Gasteiger partial charge in [-0.05, 0) is 58.7 Å². The van der Waals surface area contributed by atoms with Crippen molar-refractivity contribution in [3.63, 3.8) is 0 Å². The van der Waals surface area contributed by atoms with Crippen LogP contribution >= 0.6 is 0 Å². The van der Waals surface area contributed by atoms with Crippen molar-refractivity contribution in [1.29, 1.82) is 0 Å². The lowest BCUT2D eigenvalue weighted by molar-refractivity contribution is 1.00. The van der Waals surface area contributed by atoms with E-state index in [0.717, 1.165) is 0 Å². The van der Waals surface area contributed by atoms with Crippen LogP contribution in [0.5, 0.6) is 0 Å². The van der Waals surface area contributed by atoms with E-state index in [-0.39, 0.29) is 0 Å². The molecular weight excluding hydrogens is 290 g/mol. The van der Waals surface area contributed by atoms with Gasteiger partial charge in [0.05, 0.1) is 11.0 Å². The van der Waals surface area contributed by atoms with E-state index in [1.54, 1.807) is 0 Å². The van der Waals surface area contributed by atoms with E-state index in [0.29, 0.717) is 0 Å². The van der Waals surface area contributed by atoms with Gasteiger partial charge in [0.25, 0.3) is 0 Å². The average molecular weight is 309 g/mol. The van der Waals surface area contributed by atoms with E-state index in [2.05, 4.69) is 86.1 Å². The minimum atomic E-state index is 1.32. The van der Waals surface area contributed by atoms with E-state index in [1.807, 2.05) is 0 Å². The fourth-order valence-corrected chi connectivity index (χ4v) is 4.44. The van der Waals surface area contributed by atoms with Crippen LogP contribution in [0.2, 0.25) is 0 Å². The third-order valence-electron chi connectivity index (χ3n) is 5.35. The molecule has 1 heteroatoms. The quantitative estimate of drug-likeness (QED) is 0.318. The average Bonchev–Trinajstić information content (AvgIpc) is 2.90. The number of aryl methyl sites for hydroxylation is 3. The zero-order chi connectivity index (χ0) is 16.4. The maximum absolute atomic E-state index is 2.38. The Bertz CT molecular complexity index is 1170. The normalized spacial score (nSPS) is 12.0. The highest BCUT2D eigenvalue weighted by atomic mass is 14.9. The van der Waals surface area contributed by atoms with Gasteiger partial charge in [-0.3, -0.25) is 0 Å². The first-order valence-corrected chi connectivity index (χ1v) is 8.45. The molecular formula is C23H19N. The Morgan fingerprint density at radius 3 is 1.50 bits per heavy atom. The molecule has 1 aromatic heterocycles. The Balaban J connectivity index is 2.25. The Hall–Kier alpha value is -2.80. The lowest BCUT2D eigenvalue weighted by Crippen LogP contribution is -1.91. The molecule has 0 fully saturated rings. The van der Waals surface area contributed by atoms with Crippen LogP contribution in [-0.2, 0) is 7.05 Å². The van der Waals surface area contributed by atoms with E-state index in [4.69, 9.17) is 0 Å². The summed E-state index contributed by atoms with van der Waals surface area (Å²) in [6.45, 7) is 4.45. The molecule has 0 unspecified atom stereocenters. The molecule has 1 nitrogen and oxygen atoms in total. The summed E-state index contributed by atoms with van der Waals surface area (Å²) in [6, 6.07) is 22.1. The first-order valence-electron chi connectivity index (χ1n) is 8.45.